The number of benzene rings is 2. The van der Waals surface area contributed by atoms with Crippen LogP contribution in [0.3, 0.4) is 0 Å². The van der Waals surface area contributed by atoms with Gasteiger partial charge in [-0.15, -0.1) is 0 Å². The van der Waals surface area contributed by atoms with Crippen molar-refractivity contribution in [1.82, 2.24) is 0 Å². The first-order valence-corrected chi connectivity index (χ1v) is 8.87. The van der Waals surface area contributed by atoms with Gasteiger partial charge in [0.15, 0.2) is 0 Å². The molecule has 2 aromatic rings. The van der Waals surface area contributed by atoms with Gasteiger partial charge in [-0.3, -0.25) is 9.10 Å². The number of methoxy groups -OCH3 is 1. The molecule has 0 unspecified atom stereocenters. The van der Waals surface area contributed by atoms with E-state index in [-0.39, 0.29) is 17.3 Å². The van der Waals surface area contributed by atoms with Gasteiger partial charge in [0.25, 0.3) is 10.0 Å². The van der Waals surface area contributed by atoms with Crippen LogP contribution in [0.15, 0.2) is 53.4 Å². The van der Waals surface area contributed by atoms with E-state index in [2.05, 4.69) is 5.32 Å². The van der Waals surface area contributed by atoms with Crippen LogP contribution in [0.1, 0.15) is 13.8 Å². The summed E-state index contributed by atoms with van der Waals surface area (Å²) in [7, 11) is -2.31. The van der Waals surface area contributed by atoms with Crippen molar-refractivity contribution in [1.29, 1.82) is 0 Å². The summed E-state index contributed by atoms with van der Waals surface area (Å²) < 4.78 is 32.4. The molecule has 2 aromatic carbocycles. The Morgan fingerprint density at radius 2 is 1.83 bits per heavy atom. The Labute approximate surface area is 142 Å². The van der Waals surface area contributed by atoms with Crippen molar-refractivity contribution in [2.24, 2.45) is 0 Å². The Morgan fingerprint density at radius 3 is 2.38 bits per heavy atom. The monoisotopic (exact) mass is 348 g/mol. The highest BCUT2D eigenvalue weighted by atomic mass is 32.2. The number of ether oxygens (including phenoxy) is 1. The van der Waals surface area contributed by atoms with Gasteiger partial charge < -0.3 is 10.1 Å². The summed E-state index contributed by atoms with van der Waals surface area (Å²) in [6, 6.07) is 13.3. The molecule has 0 saturated heterocycles. The summed E-state index contributed by atoms with van der Waals surface area (Å²) >= 11 is 0. The summed E-state index contributed by atoms with van der Waals surface area (Å²) in [5.41, 5.74) is 0.895. The number of anilines is 2. The minimum Gasteiger partial charge on any atom is -0.495 e. The van der Waals surface area contributed by atoms with Crippen molar-refractivity contribution in [2.45, 2.75) is 18.7 Å². The summed E-state index contributed by atoms with van der Waals surface area (Å²) in [5, 5.41) is 2.59. The Hall–Kier alpha value is -2.54. The number of hydrogen-bond donors (Lipinski definition) is 1. The molecule has 24 heavy (non-hydrogen) atoms. The lowest BCUT2D eigenvalue weighted by molar-refractivity contribution is -0.114. The van der Waals surface area contributed by atoms with Gasteiger partial charge in [0, 0.05) is 13.5 Å². The van der Waals surface area contributed by atoms with E-state index in [1.165, 1.54) is 36.5 Å². The first-order chi connectivity index (χ1) is 11.4. The smallest absolute Gasteiger partial charge is 0.264 e. The Kier molecular flexibility index (Phi) is 5.46. The van der Waals surface area contributed by atoms with Gasteiger partial charge in [-0.2, -0.15) is 0 Å². The molecule has 1 amide bonds. The van der Waals surface area contributed by atoms with Crippen LogP contribution in [0.4, 0.5) is 11.4 Å². The minimum atomic E-state index is -3.76. The number of para-hydroxylation sites is 1. The molecule has 6 nitrogen and oxygen atoms in total. The van der Waals surface area contributed by atoms with Crippen LogP contribution < -0.4 is 14.4 Å². The number of sulfonamides is 1. The molecule has 0 aliphatic heterocycles. The molecule has 0 spiro atoms. The summed E-state index contributed by atoms with van der Waals surface area (Å²) in [4.78, 5) is 11.4. The molecule has 0 fully saturated rings. The lowest BCUT2D eigenvalue weighted by Crippen LogP contribution is -2.30. The predicted octanol–water partition coefficient (Wildman–Crippen LogP) is 2.87. The van der Waals surface area contributed by atoms with Crippen molar-refractivity contribution < 1.29 is 17.9 Å². The van der Waals surface area contributed by atoms with Crippen LogP contribution in [0, 0.1) is 0 Å². The van der Waals surface area contributed by atoms with E-state index in [1.807, 2.05) is 6.07 Å². The van der Waals surface area contributed by atoms with E-state index in [1.54, 1.807) is 31.2 Å². The lowest BCUT2D eigenvalue weighted by atomic mass is 10.3. The number of carbonyl (C=O) groups excluding carboxylic acids is 1. The standard InChI is InChI=1S/C17H20N2O4S/c1-4-19(14-8-6-5-7-9-14)24(21,22)15-10-11-17(23-3)16(12-15)18-13(2)20/h5-12H,4H2,1-3H3,(H,18,20). The van der Waals surface area contributed by atoms with Gasteiger partial charge in [0.1, 0.15) is 5.75 Å². The van der Waals surface area contributed by atoms with Gasteiger partial charge >= 0.3 is 0 Å². The van der Waals surface area contributed by atoms with Crippen molar-refractivity contribution in [3.63, 3.8) is 0 Å². The number of nitrogens with zero attached hydrogens (tertiary/aromatic N) is 1. The highest BCUT2D eigenvalue weighted by molar-refractivity contribution is 7.92. The average Bonchev–Trinajstić information content (AvgIpc) is 2.55. The zero-order chi connectivity index (χ0) is 17.7. The van der Waals surface area contributed by atoms with Crippen molar-refractivity contribution in [3.8, 4) is 5.75 Å². The number of nitrogens with one attached hydrogen (secondary N) is 1. The molecule has 0 aliphatic carbocycles. The van der Waals surface area contributed by atoms with Crippen molar-refractivity contribution >= 4 is 27.3 Å². The summed E-state index contributed by atoms with van der Waals surface area (Å²) in [6.45, 7) is 3.40. The molecular formula is C17H20N2O4S. The normalized spacial score (nSPS) is 11.0. The number of hydrogen-bond acceptors (Lipinski definition) is 4. The quantitative estimate of drug-likeness (QED) is 0.871. The van der Waals surface area contributed by atoms with E-state index in [4.69, 9.17) is 4.74 Å². The Morgan fingerprint density at radius 1 is 1.17 bits per heavy atom. The predicted molar refractivity (Wildman–Crippen MR) is 93.9 cm³/mol. The van der Waals surface area contributed by atoms with Gasteiger partial charge in [-0.05, 0) is 37.3 Å². The van der Waals surface area contributed by atoms with Crippen LogP contribution in [0.2, 0.25) is 0 Å². The zero-order valence-corrected chi connectivity index (χ0v) is 14.6. The number of amides is 1. The van der Waals surface area contributed by atoms with Crippen molar-refractivity contribution in [3.05, 3.63) is 48.5 Å². The zero-order valence-electron chi connectivity index (χ0n) is 13.8. The highest BCUT2D eigenvalue weighted by Crippen LogP contribution is 2.30. The summed E-state index contributed by atoms with van der Waals surface area (Å²) in [6.07, 6.45) is 0. The van der Waals surface area contributed by atoms with Gasteiger partial charge in [0.05, 0.1) is 23.4 Å². The fourth-order valence-corrected chi connectivity index (χ4v) is 3.85. The highest BCUT2D eigenvalue weighted by Gasteiger charge is 2.24. The maximum absolute atomic E-state index is 13.0. The second-order valence-corrected chi connectivity index (χ2v) is 6.91. The third-order valence-electron chi connectivity index (χ3n) is 3.40. The van der Waals surface area contributed by atoms with Crippen LogP contribution in [-0.2, 0) is 14.8 Å². The molecule has 0 aliphatic rings. The van der Waals surface area contributed by atoms with Gasteiger partial charge in [-0.25, -0.2) is 8.42 Å². The second kappa shape index (κ2) is 7.35. The molecule has 2 rings (SSSR count). The molecule has 0 bridgehead atoms. The van der Waals surface area contributed by atoms with E-state index >= 15 is 0 Å². The second-order valence-electron chi connectivity index (χ2n) is 5.05. The molecule has 0 saturated carbocycles. The first-order valence-electron chi connectivity index (χ1n) is 7.43. The fraction of sp³-hybridized carbons (Fsp3) is 0.235. The molecule has 7 heteroatoms. The maximum Gasteiger partial charge on any atom is 0.264 e. The summed E-state index contributed by atoms with van der Waals surface area (Å²) in [5.74, 6) is 0.0881. The Bertz CT molecular complexity index is 820. The number of carbonyl (C=O) groups is 1. The third kappa shape index (κ3) is 3.68. The minimum absolute atomic E-state index is 0.0813. The average molecular weight is 348 g/mol. The van der Waals surface area contributed by atoms with Gasteiger partial charge in [0.2, 0.25) is 5.91 Å². The molecule has 0 atom stereocenters. The lowest BCUT2D eigenvalue weighted by Gasteiger charge is -2.23. The molecule has 1 N–H and O–H groups in total. The van der Waals surface area contributed by atoms with Gasteiger partial charge in [-0.1, -0.05) is 18.2 Å². The molecule has 0 heterocycles. The molecule has 0 radical (unpaired) electrons. The van der Waals surface area contributed by atoms with Crippen LogP contribution >= 0.6 is 0 Å². The molecule has 0 aromatic heterocycles. The van der Waals surface area contributed by atoms with E-state index < -0.39 is 10.0 Å². The molecule has 128 valence electrons. The van der Waals surface area contributed by atoms with E-state index in [0.717, 1.165) is 0 Å². The SMILES string of the molecule is CCN(c1ccccc1)S(=O)(=O)c1ccc(OC)c(NC(C)=O)c1. The third-order valence-corrected chi connectivity index (χ3v) is 5.30. The number of rotatable bonds is 6. The Balaban J connectivity index is 2.50. The van der Waals surface area contributed by atoms with Crippen LogP contribution in [-0.4, -0.2) is 28.0 Å². The van der Waals surface area contributed by atoms with Crippen LogP contribution in [0.5, 0.6) is 5.75 Å². The van der Waals surface area contributed by atoms with E-state index in [0.29, 0.717) is 17.1 Å². The van der Waals surface area contributed by atoms with Crippen molar-refractivity contribution in [2.75, 3.05) is 23.3 Å². The van der Waals surface area contributed by atoms with Crippen LogP contribution in [0.25, 0.3) is 0 Å². The first kappa shape index (κ1) is 17.8. The molecular weight excluding hydrogens is 328 g/mol. The largest absolute Gasteiger partial charge is 0.495 e. The van der Waals surface area contributed by atoms with E-state index in [9.17, 15) is 13.2 Å². The fourth-order valence-electron chi connectivity index (χ4n) is 2.35. The maximum atomic E-state index is 13.0. The topological polar surface area (TPSA) is 75.7 Å².